The van der Waals surface area contributed by atoms with Crippen LogP contribution in [0.1, 0.15) is 18.4 Å². The van der Waals surface area contributed by atoms with Crippen LogP contribution >= 0.6 is 0 Å². The average molecular weight is 364 g/mol. The van der Waals surface area contributed by atoms with Gasteiger partial charge >= 0.3 is 12.1 Å². The molecule has 0 bridgehead atoms. The van der Waals surface area contributed by atoms with E-state index in [1.54, 1.807) is 0 Å². The van der Waals surface area contributed by atoms with Crippen LogP contribution in [0.5, 0.6) is 0 Å². The number of carbonyl (C=O) groups is 3. The van der Waals surface area contributed by atoms with Crippen molar-refractivity contribution in [2.45, 2.75) is 31.6 Å². The maximum atomic E-state index is 11.9. The first-order valence-electron chi connectivity index (χ1n) is 8.07. The number of amides is 2. The van der Waals surface area contributed by atoms with Gasteiger partial charge in [-0.2, -0.15) is 0 Å². The molecule has 0 saturated heterocycles. The van der Waals surface area contributed by atoms with Gasteiger partial charge in [-0.1, -0.05) is 36.4 Å². The summed E-state index contributed by atoms with van der Waals surface area (Å²) in [6.07, 6.45) is -0.432. The zero-order valence-corrected chi connectivity index (χ0v) is 14.6. The van der Waals surface area contributed by atoms with Crippen molar-refractivity contribution in [3.63, 3.8) is 0 Å². The molecule has 26 heavy (non-hydrogen) atoms. The second-order valence-corrected chi connectivity index (χ2v) is 5.47. The molecule has 0 unspecified atom stereocenters. The smallest absolute Gasteiger partial charge is 0.407 e. The van der Waals surface area contributed by atoms with Gasteiger partial charge in [0.1, 0.15) is 12.6 Å². The number of hydrogen-bond acceptors (Lipinski definition) is 6. The van der Waals surface area contributed by atoms with E-state index in [4.69, 9.17) is 4.74 Å². The maximum Gasteiger partial charge on any atom is 0.407 e. The van der Waals surface area contributed by atoms with Crippen LogP contribution in [0.2, 0.25) is 0 Å². The summed E-state index contributed by atoms with van der Waals surface area (Å²) in [5.41, 5.74) is 0.832. The molecular weight excluding hydrogens is 340 g/mol. The van der Waals surface area contributed by atoms with E-state index in [-0.39, 0.29) is 26.0 Å². The summed E-state index contributed by atoms with van der Waals surface area (Å²) in [5.74, 6) is -1.15. The lowest BCUT2D eigenvalue weighted by Crippen LogP contribution is -2.43. The van der Waals surface area contributed by atoms with E-state index >= 15 is 0 Å². The second kappa shape index (κ2) is 11.6. The highest BCUT2D eigenvalue weighted by Gasteiger charge is 2.21. The number of ether oxygens (including phenoxy) is 2. The molecule has 142 valence electrons. The van der Waals surface area contributed by atoms with Crippen molar-refractivity contribution in [1.82, 2.24) is 10.6 Å². The molecule has 1 rings (SSSR count). The number of hydrogen-bond donors (Lipinski definition) is 3. The summed E-state index contributed by atoms with van der Waals surface area (Å²) in [5, 5.41) is 14.6. The van der Waals surface area contributed by atoms with Gasteiger partial charge in [-0.15, -0.1) is 6.58 Å². The number of esters is 1. The Morgan fingerprint density at radius 1 is 1.27 bits per heavy atom. The number of nitrogens with one attached hydrogen (secondary N) is 2. The van der Waals surface area contributed by atoms with Crippen molar-refractivity contribution in [3.05, 3.63) is 48.6 Å². The Morgan fingerprint density at radius 3 is 2.58 bits per heavy atom. The summed E-state index contributed by atoms with van der Waals surface area (Å²) in [6.45, 7) is 3.45. The molecule has 0 aromatic heterocycles. The van der Waals surface area contributed by atoms with E-state index in [2.05, 4.69) is 21.9 Å². The molecule has 2 amide bonds. The Balaban J connectivity index is 2.30. The molecule has 0 spiro atoms. The third-order valence-electron chi connectivity index (χ3n) is 3.34. The fraction of sp³-hybridized carbons (Fsp3) is 0.389. The highest BCUT2D eigenvalue weighted by atomic mass is 16.5. The number of aliphatic hydroxyl groups excluding tert-OH is 1. The lowest BCUT2D eigenvalue weighted by Gasteiger charge is -2.16. The minimum Gasteiger partial charge on any atom is -0.467 e. The van der Waals surface area contributed by atoms with E-state index < -0.39 is 30.1 Å². The van der Waals surface area contributed by atoms with Gasteiger partial charge in [0.2, 0.25) is 5.91 Å². The Kier molecular flexibility index (Phi) is 9.48. The van der Waals surface area contributed by atoms with Gasteiger partial charge in [0.05, 0.1) is 19.6 Å². The van der Waals surface area contributed by atoms with Gasteiger partial charge in [0.15, 0.2) is 0 Å². The van der Waals surface area contributed by atoms with E-state index in [0.29, 0.717) is 0 Å². The minimum absolute atomic E-state index is 0.103. The monoisotopic (exact) mass is 364 g/mol. The molecule has 0 fully saturated rings. The molecule has 1 aromatic rings. The molecular formula is C18H24N2O6. The standard InChI is InChI=1S/C18H24N2O6/c1-3-7-15(17(23)25-2)20-16(22)10-14(21)11-19-18(24)26-12-13-8-5-4-6-9-13/h3-6,8-9,14-15,21H,1,7,10-12H2,2H3,(H,19,24)(H,20,22)/t14-,15+/m1/s1. The van der Waals surface area contributed by atoms with E-state index in [9.17, 15) is 19.5 Å². The number of rotatable bonds is 10. The minimum atomic E-state index is -1.12. The van der Waals surface area contributed by atoms with E-state index in [1.165, 1.54) is 13.2 Å². The summed E-state index contributed by atoms with van der Waals surface area (Å²) < 4.78 is 9.57. The lowest BCUT2D eigenvalue weighted by molar-refractivity contribution is -0.145. The van der Waals surface area contributed by atoms with Crippen molar-refractivity contribution in [3.8, 4) is 0 Å². The Labute approximate surface area is 152 Å². The lowest BCUT2D eigenvalue weighted by atomic mass is 10.2. The van der Waals surface area contributed by atoms with Crippen LogP contribution in [0.4, 0.5) is 4.79 Å². The summed E-state index contributed by atoms with van der Waals surface area (Å²) in [6, 6.07) is 8.27. The number of carbonyl (C=O) groups excluding carboxylic acids is 3. The normalized spacial score (nSPS) is 12.4. The first kappa shape index (κ1) is 21.2. The van der Waals surface area contributed by atoms with Crippen molar-refractivity contribution in [2.75, 3.05) is 13.7 Å². The third-order valence-corrected chi connectivity index (χ3v) is 3.34. The zero-order chi connectivity index (χ0) is 19.4. The largest absolute Gasteiger partial charge is 0.467 e. The van der Waals surface area contributed by atoms with Crippen molar-refractivity contribution < 1.29 is 29.0 Å². The second-order valence-electron chi connectivity index (χ2n) is 5.47. The zero-order valence-electron chi connectivity index (χ0n) is 14.6. The maximum absolute atomic E-state index is 11.9. The quantitative estimate of drug-likeness (QED) is 0.420. The van der Waals surface area contributed by atoms with Crippen LogP contribution in [0.25, 0.3) is 0 Å². The van der Waals surface area contributed by atoms with E-state index in [0.717, 1.165) is 5.56 Å². The molecule has 0 heterocycles. The summed E-state index contributed by atoms with van der Waals surface area (Å²) >= 11 is 0. The Bertz CT molecular complexity index is 605. The summed E-state index contributed by atoms with van der Waals surface area (Å²) in [7, 11) is 1.21. The molecule has 0 radical (unpaired) electrons. The third kappa shape index (κ3) is 8.29. The van der Waals surface area contributed by atoms with Gasteiger partial charge in [0, 0.05) is 6.54 Å². The number of alkyl carbamates (subject to hydrolysis) is 1. The predicted octanol–water partition coefficient (Wildman–Crippen LogP) is 0.898. The first-order valence-corrected chi connectivity index (χ1v) is 8.07. The van der Waals surface area contributed by atoms with Crippen LogP contribution in [-0.4, -0.2) is 48.9 Å². The average Bonchev–Trinajstić information content (AvgIpc) is 2.64. The fourth-order valence-corrected chi connectivity index (χ4v) is 2.04. The summed E-state index contributed by atoms with van der Waals surface area (Å²) in [4.78, 5) is 34.9. The van der Waals surface area contributed by atoms with Crippen molar-refractivity contribution in [1.29, 1.82) is 0 Å². The van der Waals surface area contributed by atoms with Gasteiger partial charge in [0.25, 0.3) is 0 Å². The van der Waals surface area contributed by atoms with Gasteiger partial charge in [-0.3, -0.25) is 4.79 Å². The van der Waals surface area contributed by atoms with Gasteiger partial charge < -0.3 is 25.2 Å². The molecule has 8 nitrogen and oxygen atoms in total. The fourth-order valence-electron chi connectivity index (χ4n) is 2.04. The van der Waals surface area contributed by atoms with Crippen LogP contribution in [0.3, 0.4) is 0 Å². The predicted molar refractivity (Wildman–Crippen MR) is 94.0 cm³/mol. The molecule has 0 aliphatic carbocycles. The van der Waals surface area contributed by atoms with Crippen LogP contribution in [-0.2, 0) is 25.7 Å². The van der Waals surface area contributed by atoms with Crippen molar-refractivity contribution in [2.24, 2.45) is 0 Å². The molecule has 3 N–H and O–H groups in total. The Hall–Kier alpha value is -2.87. The van der Waals surface area contributed by atoms with Crippen LogP contribution < -0.4 is 10.6 Å². The molecule has 0 aliphatic rings. The SMILES string of the molecule is C=CC[C@H](NC(=O)C[C@@H](O)CNC(=O)OCc1ccccc1)C(=O)OC. The number of benzene rings is 1. The molecule has 2 atom stereocenters. The molecule has 8 heteroatoms. The van der Waals surface area contributed by atoms with Crippen LogP contribution in [0.15, 0.2) is 43.0 Å². The molecule has 1 aromatic carbocycles. The van der Waals surface area contributed by atoms with Crippen molar-refractivity contribution >= 4 is 18.0 Å². The number of aliphatic hydroxyl groups is 1. The molecule has 0 saturated carbocycles. The Morgan fingerprint density at radius 2 is 1.96 bits per heavy atom. The van der Waals surface area contributed by atoms with Gasteiger partial charge in [-0.05, 0) is 12.0 Å². The first-order chi connectivity index (χ1) is 12.5. The topological polar surface area (TPSA) is 114 Å². The highest BCUT2D eigenvalue weighted by Crippen LogP contribution is 2.01. The number of methoxy groups -OCH3 is 1. The highest BCUT2D eigenvalue weighted by molar-refractivity contribution is 5.84. The van der Waals surface area contributed by atoms with E-state index in [1.807, 2.05) is 30.3 Å². The van der Waals surface area contributed by atoms with Gasteiger partial charge in [-0.25, -0.2) is 9.59 Å². The van der Waals surface area contributed by atoms with Crippen LogP contribution in [0, 0.1) is 0 Å². The molecule has 0 aliphatic heterocycles.